The van der Waals surface area contributed by atoms with E-state index < -0.39 is 10.6 Å². The average Bonchev–Trinajstić information content (AvgIpc) is 3.08. The number of H-pyrrole nitrogens is 1. The van der Waals surface area contributed by atoms with E-state index in [1.54, 1.807) is 24.3 Å². The zero-order chi connectivity index (χ0) is 15.7. The van der Waals surface area contributed by atoms with Gasteiger partial charge in [-0.05, 0) is 47.4 Å². The second kappa shape index (κ2) is 5.91. The van der Waals surface area contributed by atoms with Gasteiger partial charge in [-0.15, -0.1) is 5.10 Å². The van der Waals surface area contributed by atoms with Gasteiger partial charge in [0.05, 0.1) is 10.6 Å². The summed E-state index contributed by atoms with van der Waals surface area (Å²) in [4.78, 5) is 26.0. The highest BCUT2D eigenvalue weighted by molar-refractivity contribution is 8.00. The normalized spacial score (nSPS) is 10.8. The molecule has 1 aromatic carbocycles. The Hall–Kier alpha value is -2.17. The molecule has 0 aliphatic carbocycles. The molecule has 11 heteroatoms. The zero-order valence-corrected chi connectivity index (χ0v) is 13.0. The van der Waals surface area contributed by atoms with Crippen LogP contribution in [0.2, 0.25) is 5.02 Å². The van der Waals surface area contributed by atoms with Crippen molar-refractivity contribution in [1.82, 2.24) is 19.7 Å². The van der Waals surface area contributed by atoms with Crippen LogP contribution < -0.4 is 5.69 Å². The topological polar surface area (TPSA) is 107 Å². The molecule has 8 nitrogen and oxygen atoms in total. The molecule has 0 saturated carbocycles. The minimum absolute atomic E-state index is 0.0709. The van der Waals surface area contributed by atoms with Crippen LogP contribution in [-0.4, -0.2) is 24.7 Å². The summed E-state index contributed by atoms with van der Waals surface area (Å²) in [6.45, 7) is 0. The molecule has 3 rings (SSSR count). The van der Waals surface area contributed by atoms with Gasteiger partial charge in [0.15, 0.2) is 4.34 Å². The fourth-order valence-electron chi connectivity index (χ4n) is 1.63. The van der Waals surface area contributed by atoms with E-state index in [1.165, 1.54) is 10.8 Å². The molecule has 2 heterocycles. The fourth-order valence-corrected chi connectivity index (χ4v) is 3.50. The van der Waals surface area contributed by atoms with Crippen LogP contribution in [0.5, 0.6) is 0 Å². The van der Waals surface area contributed by atoms with Crippen LogP contribution in [0.15, 0.2) is 44.8 Å². The number of aromatic amines is 1. The SMILES string of the molecule is O=c1[nH]nc(Sc2ncc([N+](=O)[O-])s2)n1-c1ccc(Cl)cc1. The Bertz CT molecular complexity index is 886. The largest absolute Gasteiger partial charge is 0.348 e. The van der Waals surface area contributed by atoms with Crippen molar-refractivity contribution in [1.29, 1.82) is 0 Å². The number of hydrogen-bond donors (Lipinski definition) is 1. The molecule has 0 spiro atoms. The first-order valence-corrected chi connectivity index (χ1v) is 7.77. The number of hydrogen-bond acceptors (Lipinski definition) is 7. The second-order valence-electron chi connectivity index (χ2n) is 3.95. The third-order valence-corrected chi connectivity index (χ3v) is 4.79. The number of thiazole rings is 1. The number of benzene rings is 1. The van der Waals surface area contributed by atoms with Crippen LogP contribution in [0.25, 0.3) is 5.69 Å². The monoisotopic (exact) mass is 355 g/mol. The van der Waals surface area contributed by atoms with Crippen molar-refractivity contribution in [3.8, 4) is 5.69 Å². The van der Waals surface area contributed by atoms with E-state index >= 15 is 0 Å². The standard InChI is InChI=1S/C11H6ClN5O3S2/c12-6-1-3-7(4-2-6)16-9(18)14-15-10(16)22-11-13-5-8(21-11)17(19)20/h1-5H,(H,14,18). The Labute approximate surface area is 135 Å². The highest BCUT2D eigenvalue weighted by Gasteiger charge is 2.17. The lowest BCUT2D eigenvalue weighted by Crippen LogP contribution is -2.15. The van der Waals surface area contributed by atoms with Gasteiger partial charge in [-0.3, -0.25) is 10.1 Å². The number of nitrogens with one attached hydrogen (secondary N) is 1. The van der Waals surface area contributed by atoms with Crippen molar-refractivity contribution < 1.29 is 4.92 Å². The van der Waals surface area contributed by atoms with Crippen LogP contribution >= 0.6 is 34.7 Å². The van der Waals surface area contributed by atoms with Crippen LogP contribution in [0.3, 0.4) is 0 Å². The lowest BCUT2D eigenvalue weighted by molar-refractivity contribution is -0.380. The van der Waals surface area contributed by atoms with Crippen molar-refractivity contribution in [3.63, 3.8) is 0 Å². The molecular weight excluding hydrogens is 350 g/mol. The highest BCUT2D eigenvalue weighted by Crippen LogP contribution is 2.33. The minimum Gasteiger partial charge on any atom is -0.257 e. The maximum Gasteiger partial charge on any atom is 0.348 e. The quantitative estimate of drug-likeness (QED) is 0.569. The van der Waals surface area contributed by atoms with Crippen LogP contribution in [0.4, 0.5) is 5.00 Å². The smallest absolute Gasteiger partial charge is 0.257 e. The van der Waals surface area contributed by atoms with Gasteiger partial charge in [-0.1, -0.05) is 11.6 Å². The summed E-state index contributed by atoms with van der Waals surface area (Å²) in [7, 11) is 0. The van der Waals surface area contributed by atoms with Gasteiger partial charge in [-0.25, -0.2) is 19.4 Å². The van der Waals surface area contributed by atoms with Gasteiger partial charge < -0.3 is 0 Å². The van der Waals surface area contributed by atoms with E-state index in [9.17, 15) is 14.9 Å². The predicted octanol–water partition coefficient (Wildman–Crippen LogP) is 2.73. The summed E-state index contributed by atoms with van der Waals surface area (Å²) in [5.41, 5.74) is 0.160. The summed E-state index contributed by atoms with van der Waals surface area (Å²) in [5.74, 6) is 0. The Balaban J connectivity index is 1.96. The minimum atomic E-state index is -0.515. The lowest BCUT2D eigenvalue weighted by atomic mass is 10.3. The van der Waals surface area contributed by atoms with Gasteiger partial charge in [0.25, 0.3) is 0 Å². The molecule has 0 aliphatic rings. The molecular formula is C11H6ClN5O3S2. The molecule has 2 aromatic heterocycles. The maximum absolute atomic E-state index is 11.9. The molecule has 0 fully saturated rings. The first kappa shape index (κ1) is 14.8. The van der Waals surface area contributed by atoms with E-state index in [0.29, 0.717) is 20.2 Å². The summed E-state index contributed by atoms with van der Waals surface area (Å²) in [6.07, 6.45) is 1.17. The first-order chi connectivity index (χ1) is 10.5. The fraction of sp³-hybridized carbons (Fsp3) is 0. The van der Waals surface area contributed by atoms with Crippen molar-refractivity contribution in [2.24, 2.45) is 0 Å². The third kappa shape index (κ3) is 2.89. The average molecular weight is 356 g/mol. The molecule has 0 saturated heterocycles. The molecule has 0 aliphatic heterocycles. The molecule has 0 unspecified atom stereocenters. The molecule has 0 bridgehead atoms. The molecule has 1 N–H and O–H groups in total. The highest BCUT2D eigenvalue weighted by atomic mass is 35.5. The summed E-state index contributed by atoms with van der Waals surface area (Å²) in [6, 6.07) is 6.65. The predicted molar refractivity (Wildman–Crippen MR) is 82.1 cm³/mol. The van der Waals surface area contributed by atoms with Gasteiger partial charge in [0.1, 0.15) is 6.20 Å². The summed E-state index contributed by atoms with van der Waals surface area (Å²) >= 11 is 7.80. The van der Waals surface area contributed by atoms with Crippen LogP contribution in [0, 0.1) is 10.1 Å². The number of aromatic nitrogens is 4. The Morgan fingerprint density at radius 1 is 1.36 bits per heavy atom. The van der Waals surface area contributed by atoms with E-state index in [4.69, 9.17) is 11.6 Å². The summed E-state index contributed by atoms with van der Waals surface area (Å²) < 4.78 is 1.76. The number of rotatable bonds is 4. The molecule has 0 amide bonds. The third-order valence-electron chi connectivity index (χ3n) is 2.56. The molecule has 0 atom stereocenters. The molecule has 0 radical (unpaired) electrons. The number of nitro groups is 1. The van der Waals surface area contributed by atoms with Crippen molar-refractivity contribution in [2.75, 3.05) is 0 Å². The molecule has 22 heavy (non-hydrogen) atoms. The summed E-state index contributed by atoms with van der Waals surface area (Å²) in [5, 5.41) is 17.7. The van der Waals surface area contributed by atoms with E-state index in [2.05, 4.69) is 15.2 Å². The van der Waals surface area contributed by atoms with Crippen LogP contribution in [0.1, 0.15) is 0 Å². The Morgan fingerprint density at radius 3 is 2.73 bits per heavy atom. The first-order valence-electron chi connectivity index (χ1n) is 5.76. The molecule has 3 aromatic rings. The number of halogens is 1. The molecule has 112 valence electrons. The maximum atomic E-state index is 11.9. The van der Waals surface area contributed by atoms with Crippen molar-refractivity contribution in [2.45, 2.75) is 9.50 Å². The Morgan fingerprint density at radius 2 is 2.09 bits per heavy atom. The van der Waals surface area contributed by atoms with Crippen molar-refractivity contribution >= 4 is 39.7 Å². The Kier molecular flexibility index (Phi) is 3.96. The van der Waals surface area contributed by atoms with Gasteiger partial charge >= 0.3 is 10.7 Å². The lowest BCUT2D eigenvalue weighted by Gasteiger charge is -2.03. The number of nitrogens with zero attached hydrogens (tertiary/aromatic N) is 4. The van der Waals surface area contributed by atoms with E-state index in [-0.39, 0.29) is 5.00 Å². The van der Waals surface area contributed by atoms with Crippen molar-refractivity contribution in [3.05, 3.63) is 56.1 Å². The van der Waals surface area contributed by atoms with Gasteiger partial charge in [-0.2, -0.15) is 0 Å². The van der Waals surface area contributed by atoms with E-state index in [0.717, 1.165) is 23.1 Å². The second-order valence-corrected chi connectivity index (χ2v) is 6.61. The van der Waals surface area contributed by atoms with Crippen LogP contribution in [-0.2, 0) is 0 Å². The zero-order valence-electron chi connectivity index (χ0n) is 10.6. The van der Waals surface area contributed by atoms with Gasteiger partial charge in [0.2, 0.25) is 5.16 Å². The van der Waals surface area contributed by atoms with Gasteiger partial charge in [0, 0.05) is 5.02 Å². The van der Waals surface area contributed by atoms with E-state index in [1.807, 2.05) is 0 Å².